The number of nitrogens with one attached hydrogen (secondary N) is 1. The van der Waals surface area contributed by atoms with Crippen molar-refractivity contribution in [3.63, 3.8) is 0 Å². The Labute approximate surface area is 104 Å². The quantitative estimate of drug-likeness (QED) is 0.856. The van der Waals surface area contributed by atoms with Gasteiger partial charge in [-0.15, -0.1) is 0 Å². The van der Waals surface area contributed by atoms with Gasteiger partial charge >= 0.3 is 0 Å². The normalized spacial score (nSPS) is 28.9. The zero-order valence-electron chi connectivity index (χ0n) is 10.5. The summed E-state index contributed by atoms with van der Waals surface area (Å²) in [5, 5.41) is 7.03. The fourth-order valence-electron chi connectivity index (χ4n) is 3.19. The van der Waals surface area contributed by atoms with Crippen LogP contribution in [0.3, 0.4) is 0 Å². The third kappa shape index (κ3) is 2.38. The summed E-state index contributed by atoms with van der Waals surface area (Å²) in [4.78, 5) is 2.52. The lowest BCUT2D eigenvalue weighted by atomic mass is 9.77. The maximum atomic E-state index is 5.75. The predicted molar refractivity (Wildman–Crippen MR) is 67.7 cm³/mol. The van der Waals surface area contributed by atoms with Crippen molar-refractivity contribution in [2.24, 2.45) is 5.41 Å². The summed E-state index contributed by atoms with van der Waals surface area (Å²) in [5.41, 5.74) is 1.71. The molecule has 1 aromatic heterocycles. The van der Waals surface area contributed by atoms with Crippen LogP contribution in [0.15, 0.2) is 12.3 Å². The van der Waals surface area contributed by atoms with Gasteiger partial charge in [-0.2, -0.15) is 5.10 Å². The molecule has 96 valence electrons. The topological polar surface area (TPSA) is 41.2 Å². The van der Waals surface area contributed by atoms with E-state index in [2.05, 4.69) is 28.1 Å². The Balaban J connectivity index is 0.00000120. The van der Waals surface area contributed by atoms with E-state index in [-0.39, 0.29) is 1.43 Å². The van der Waals surface area contributed by atoms with E-state index in [1.165, 1.54) is 38.0 Å². The van der Waals surface area contributed by atoms with Crippen LogP contribution in [0.2, 0.25) is 0 Å². The van der Waals surface area contributed by atoms with Crippen molar-refractivity contribution < 1.29 is 6.16 Å². The lowest BCUT2D eigenvalue weighted by Gasteiger charge is -2.38. The summed E-state index contributed by atoms with van der Waals surface area (Å²) in [6.45, 7) is 6.56. The van der Waals surface area contributed by atoms with Gasteiger partial charge in [0.25, 0.3) is 0 Å². The number of ether oxygens (including phenoxy) is 1. The van der Waals surface area contributed by atoms with Crippen LogP contribution in [0.1, 0.15) is 33.3 Å². The third-order valence-corrected chi connectivity index (χ3v) is 4.26. The van der Waals surface area contributed by atoms with Gasteiger partial charge in [0, 0.05) is 19.9 Å². The molecule has 2 fully saturated rings. The molecule has 0 amide bonds. The van der Waals surface area contributed by atoms with Gasteiger partial charge in [-0.1, -0.05) is 0 Å². The Hall–Kier alpha value is -0.870. The molecule has 1 spiro atoms. The van der Waals surface area contributed by atoms with Crippen molar-refractivity contribution in [2.45, 2.75) is 38.8 Å². The number of rotatable bonds is 2. The van der Waals surface area contributed by atoms with Crippen molar-refractivity contribution in [1.82, 2.24) is 15.1 Å². The van der Waals surface area contributed by atoms with Crippen molar-refractivity contribution in [3.8, 4) is 0 Å². The van der Waals surface area contributed by atoms with Gasteiger partial charge in [0.2, 0.25) is 0 Å². The zero-order valence-corrected chi connectivity index (χ0v) is 10.5. The van der Waals surface area contributed by atoms with E-state index in [4.69, 9.17) is 4.74 Å². The molecule has 0 bridgehead atoms. The summed E-state index contributed by atoms with van der Waals surface area (Å²) < 4.78 is 5.75. The summed E-state index contributed by atoms with van der Waals surface area (Å²) in [7, 11) is 0. The maximum Gasteiger partial charge on any atom is 0.0553 e. The molecule has 0 aliphatic carbocycles. The Morgan fingerprint density at radius 3 is 3.00 bits per heavy atom. The van der Waals surface area contributed by atoms with E-state index in [9.17, 15) is 0 Å². The summed E-state index contributed by atoms with van der Waals surface area (Å²) in [6, 6.07) is 2.06. The summed E-state index contributed by atoms with van der Waals surface area (Å²) in [5.74, 6) is 0. The maximum absolute atomic E-state index is 5.75. The van der Waals surface area contributed by atoms with Crippen molar-refractivity contribution in [2.75, 3.05) is 19.7 Å². The molecule has 1 aromatic rings. The molecule has 0 radical (unpaired) electrons. The molecule has 2 saturated heterocycles. The van der Waals surface area contributed by atoms with E-state index < -0.39 is 0 Å². The standard InChI is InChI=1S/C13H21N3O.H2/c1-11-8-13(10-17-11)3-6-16(7-4-13)9-12-2-5-14-15-12;/h2,5,11H,3-4,6-10H2,1H3,(H,14,15);1H. The molecule has 3 heterocycles. The van der Waals surface area contributed by atoms with E-state index in [0.717, 1.165) is 13.2 Å². The number of hydrogen-bond acceptors (Lipinski definition) is 3. The Kier molecular flexibility index (Phi) is 2.92. The molecular formula is C13H23N3O. The van der Waals surface area contributed by atoms with Crippen LogP contribution in [0, 0.1) is 5.41 Å². The number of hydrogen-bond donors (Lipinski definition) is 1. The molecule has 0 aromatic carbocycles. The smallest absolute Gasteiger partial charge is 0.0553 e. The highest BCUT2D eigenvalue weighted by molar-refractivity contribution is 4.99. The number of H-pyrrole nitrogens is 1. The number of nitrogens with zero attached hydrogens (tertiary/aromatic N) is 2. The second kappa shape index (κ2) is 4.42. The van der Waals surface area contributed by atoms with E-state index in [1.54, 1.807) is 0 Å². The third-order valence-electron chi connectivity index (χ3n) is 4.26. The van der Waals surface area contributed by atoms with Gasteiger partial charge in [-0.25, -0.2) is 0 Å². The number of piperidine rings is 1. The van der Waals surface area contributed by atoms with Gasteiger partial charge in [0.1, 0.15) is 0 Å². The molecule has 17 heavy (non-hydrogen) atoms. The predicted octanol–water partition coefficient (Wildman–Crippen LogP) is 2.05. The highest BCUT2D eigenvalue weighted by Crippen LogP contribution is 2.41. The molecule has 3 rings (SSSR count). The average molecular weight is 237 g/mol. The molecular weight excluding hydrogens is 214 g/mol. The average Bonchev–Trinajstić information content (AvgIpc) is 2.93. The van der Waals surface area contributed by atoms with Crippen molar-refractivity contribution in [3.05, 3.63) is 18.0 Å². The highest BCUT2D eigenvalue weighted by atomic mass is 16.5. The first-order chi connectivity index (χ1) is 8.26. The van der Waals surface area contributed by atoms with Crippen LogP contribution in [0.25, 0.3) is 0 Å². The Morgan fingerprint density at radius 1 is 1.59 bits per heavy atom. The molecule has 1 unspecified atom stereocenters. The summed E-state index contributed by atoms with van der Waals surface area (Å²) >= 11 is 0. The van der Waals surface area contributed by atoms with Crippen LogP contribution in [-0.2, 0) is 11.3 Å². The van der Waals surface area contributed by atoms with Gasteiger partial charge in [0.05, 0.1) is 12.7 Å². The van der Waals surface area contributed by atoms with Crippen LogP contribution in [-0.4, -0.2) is 40.9 Å². The Bertz CT molecular complexity index is 360. The first-order valence-electron chi connectivity index (χ1n) is 6.58. The van der Waals surface area contributed by atoms with Gasteiger partial charge in [-0.3, -0.25) is 10.00 Å². The lowest BCUT2D eigenvalue weighted by molar-refractivity contribution is 0.0663. The number of likely N-dealkylation sites (tertiary alicyclic amines) is 1. The molecule has 2 aliphatic rings. The fourth-order valence-corrected chi connectivity index (χ4v) is 3.19. The first kappa shape index (κ1) is 11.2. The molecule has 1 N–H and O–H groups in total. The molecule has 4 heteroatoms. The van der Waals surface area contributed by atoms with Crippen LogP contribution in [0.4, 0.5) is 0 Å². The first-order valence-corrected chi connectivity index (χ1v) is 6.58. The lowest BCUT2D eigenvalue weighted by Crippen LogP contribution is -2.40. The zero-order chi connectivity index (χ0) is 11.7. The number of aromatic nitrogens is 2. The number of aromatic amines is 1. The van der Waals surface area contributed by atoms with Gasteiger partial charge < -0.3 is 4.74 Å². The molecule has 2 aliphatic heterocycles. The SMILES string of the molecule is CC1CC2(CCN(Cc3ccn[nH]3)CC2)CO1.[HH]. The van der Waals surface area contributed by atoms with Crippen LogP contribution in [0.5, 0.6) is 0 Å². The second-order valence-electron chi connectivity index (χ2n) is 5.68. The van der Waals surface area contributed by atoms with Crippen LogP contribution < -0.4 is 0 Å². The minimum absolute atomic E-state index is 0. The van der Waals surface area contributed by atoms with Crippen LogP contribution >= 0.6 is 0 Å². The second-order valence-corrected chi connectivity index (χ2v) is 5.68. The van der Waals surface area contributed by atoms with Crippen molar-refractivity contribution >= 4 is 0 Å². The highest BCUT2D eigenvalue weighted by Gasteiger charge is 2.40. The van der Waals surface area contributed by atoms with E-state index in [1.807, 2.05) is 6.20 Å². The van der Waals surface area contributed by atoms with E-state index >= 15 is 0 Å². The largest absolute Gasteiger partial charge is 0.378 e. The monoisotopic (exact) mass is 237 g/mol. The summed E-state index contributed by atoms with van der Waals surface area (Å²) in [6.07, 6.45) is 6.11. The van der Waals surface area contributed by atoms with Crippen molar-refractivity contribution in [1.29, 1.82) is 0 Å². The molecule has 1 atom stereocenters. The minimum atomic E-state index is 0. The molecule has 4 nitrogen and oxygen atoms in total. The van der Waals surface area contributed by atoms with Gasteiger partial charge in [-0.05, 0) is 50.8 Å². The van der Waals surface area contributed by atoms with Gasteiger partial charge in [0.15, 0.2) is 0 Å². The molecule has 0 saturated carbocycles. The Morgan fingerprint density at radius 2 is 2.41 bits per heavy atom. The fraction of sp³-hybridized carbons (Fsp3) is 0.769. The minimum Gasteiger partial charge on any atom is -0.378 e. The van der Waals surface area contributed by atoms with E-state index in [0.29, 0.717) is 11.5 Å².